The molecule has 0 saturated carbocycles. The van der Waals surface area contributed by atoms with Crippen molar-refractivity contribution >= 4 is 23.3 Å². The first-order valence-corrected chi connectivity index (χ1v) is 8.41. The molecule has 0 aliphatic rings. The third kappa shape index (κ3) is 5.46. The van der Waals surface area contributed by atoms with Crippen LogP contribution in [-0.2, 0) is 6.42 Å². The fourth-order valence-electron chi connectivity index (χ4n) is 2.24. The number of hydrogen-bond acceptors (Lipinski definition) is 4. The van der Waals surface area contributed by atoms with E-state index in [9.17, 15) is 4.79 Å². The first kappa shape index (κ1) is 17.7. The summed E-state index contributed by atoms with van der Waals surface area (Å²) in [6, 6.07) is 16.2. The average Bonchev–Trinajstić information content (AvgIpc) is 2.64. The number of halogens is 1. The topological polar surface area (TPSA) is 76.1 Å². The fraction of sp³-hybridized carbons (Fsp3) is 0.105. The van der Waals surface area contributed by atoms with Crippen LogP contribution in [0.5, 0.6) is 11.8 Å². The minimum absolute atomic E-state index is 0.270. The maximum absolute atomic E-state index is 11.9. The van der Waals surface area contributed by atoms with Gasteiger partial charge in [-0.1, -0.05) is 23.7 Å². The molecule has 1 aromatic heterocycles. The Morgan fingerprint density at radius 1 is 1.04 bits per heavy atom. The zero-order chi connectivity index (χ0) is 18.2. The molecule has 0 unspecified atom stereocenters. The van der Waals surface area contributed by atoms with Crippen LogP contribution in [0.25, 0.3) is 0 Å². The van der Waals surface area contributed by atoms with Crippen molar-refractivity contribution in [2.45, 2.75) is 6.42 Å². The van der Waals surface area contributed by atoms with Gasteiger partial charge in [-0.25, -0.2) is 14.8 Å². The highest BCUT2D eigenvalue weighted by Gasteiger charge is 2.03. The first-order chi connectivity index (χ1) is 12.7. The lowest BCUT2D eigenvalue weighted by Gasteiger charge is -2.09. The number of benzene rings is 2. The molecule has 0 radical (unpaired) electrons. The van der Waals surface area contributed by atoms with Crippen LogP contribution in [0, 0.1) is 0 Å². The first-order valence-electron chi connectivity index (χ1n) is 8.03. The summed E-state index contributed by atoms with van der Waals surface area (Å²) in [7, 11) is 0. The van der Waals surface area contributed by atoms with Crippen molar-refractivity contribution in [1.29, 1.82) is 0 Å². The zero-order valence-electron chi connectivity index (χ0n) is 13.9. The van der Waals surface area contributed by atoms with Gasteiger partial charge in [0.1, 0.15) is 5.75 Å². The molecular weight excluding hydrogens is 352 g/mol. The van der Waals surface area contributed by atoms with Crippen LogP contribution in [0.2, 0.25) is 5.02 Å². The molecule has 0 fully saturated rings. The summed E-state index contributed by atoms with van der Waals surface area (Å²) in [5, 5.41) is 6.27. The summed E-state index contributed by atoms with van der Waals surface area (Å²) in [6.45, 7) is 0.513. The van der Waals surface area contributed by atoms with E-state index in [1.807, 2.05) is 24.3 Å². The second-order valence-corrected chi connectivity index (χ2v) is 5.86. The van der Waals surface area contributed by atoms with Crippen LogP contribution in [0.4, 0.5) is 10.5 Å². The molecule has 1 heterocycles. The molecule has 0 saturated heterocycles. The van der Waals surface area contributed by atoms with Gasteiger partial charge in [-0.2, -0.15) is 0 Å². The van der Waals surface area contributed by atoms with Crippen molar-refractivity contribution in [2.75, 3.05) is 11.9 Å². The number of anilines is 1. The van der Waals surface area contributed by atoms with Crippen LogP contribution in [0.15, 0.2) is 67.0 Å². The van der Waals surface area contributed by atoms with Crippen LogP contribution in [-0.4, -0.2) is 22.5 Å². The van der Waals surface area contributed by atoms with Crippen LogP contribution >= 0.6 is 11.6 Å². The maximum atomic E-state index is 11.9. The van der Waals surface area contributed by atoms with E-state index in [2.05, 4.69) is 20.6 Å². The molecule has 26 heavy (non-hydrogen) atoms. The van der Waals surface area contributed by atoms with E-state index in [4.69, 9.17) is 16.3 Å². The summed E-state index contributed by atoms with van der Waals surface area (Å²) in [5.74, 6) is 0.586. The number of aromatic nitrogens is 2. The van der Waals surface area contributed by atoms with Crippen molar-refractivity contribution in [1.82, 2.24) is 15.3 Å². The van der Waals surface area contributed by atoms with Crippen LogP contribution in [0.3, 0.4) is 0 Å². The number of amides is 2. The van der Waals surface area contributed by atoms with Crippen molar-refractivity contribution in [3.05, 3.63) is 77.6 Å². The summed E-state index contributed by atoms with van der Waals surface area (Å²) < 4.78 is 5.50. The molecule has 3 rings (SSSR count). The second-order valence-electron chi connectivity index (χ2n) is 5.42. The van der Waals surface area contributed by atoms with E-state index in [1.54, 1.807) is 42.7 Å². The Morgan fingerprint density at radius 3 is 2.54 bits per heavy atom. The average molecular weight is 369 g/mol. The highest BCUT2D eigenvalue weighted by Crippen LogP contribution is 2.19. The summed E-state index contributed by atoms with van der Waals surface area (Å²) in [5.41, 5.74) is 1.73. The predicted molar refractivity (Wildman–Crippen MR) is 101 cm³/mol. The number of nitrogens with one attached hydrogen (secondary N) is 2. The minimum Gasteiger partial charge on any atom is -0.424 e. The van der Waals surface area contributed by atoms with Crippen molar-refractivity contribution in [2.24, 2.45) is 0 Å². The number of rotatable bonds is 6. The monoisotopic (exact) mass is 368 g/mol. The van der Waals surface area contributed by atoms with E-state index in [-0.39, 0.29) is 12.0 Å². The highest BCUT2D eigenvalue weighted by atomic mass is 35.5. The largest absolute Gasteiger partial charge is 0.424 e. The molecule has 0 aliphatic heterocycles. The van der Waals surface area contributed by atoms with Gasteiger partial charge in [0.05, 0.1) is 0 Å². The number of ether oxygens (including phenoxy) is 1. The zero-order valence-corrected chi connectivity index (χ0v) is 14.6. The highest BCUT2D eigenvalue weighted by molar-refractivity contribution is 6.30. The molecule has 2 aromatic carbocycles. The fourth-order valence-corrected chi connectivity index (χ4v) is 2.45. The van der Waals surface area contributed by atoms with Crippen LogP contribution in [0.1, 0.15) is 5.56 Å². The normalized spacial score (nSPS) is 10.2. The van der Waals surface area contributed by atoms with E-state index >= 15 is 0 Å². The second kappa shape index (κ2) is 8.82. The molecule has 6 nitrogen and oxygen atoms in total. The number of carbonyl (C=O) groups is 1. The third-order valence-corrected chi connectivity index (χ3v) is 3.69. The Bertz CT molecular complexity index is 857. The predicted octanol–water partition coefficient (Wildman–Crippen LogP) is 4.29. The Hall–Kier alpha value is -3.12. The molecule has 0 spiro atoms. The van der Waals surface area contributed by atoms with Crippen molar-refractivity contribution in [3.63, 3.8) is 0 Å². The van der Waals surface area contributed by atoms with Gasteiger partial charge in [0, 0.05) is 29.6 Å². The number of nitrogens with zero attached hydrogens (tertiary/aromatic N) is 2. The minimum atomic E-state index is -0.271. The standard InChI is InChI=1S/C19H17ClN4O2/c20-15-4-1-3-14(13-15)9-12-21-18(25)24-16-5-7-17(8-6-16)26-19-22-10-2-11-23-19/h1-8,10-11,13H,9,12H2,(H2,21,24,25). The molecule has 7 heteroatoms. The van der Waals surface area contributed by atoms with E-state index < -0.39 is 0 Å². The van der Waals surface area contributed by atoms with E-state index in [0.29, 0.717) is 29.4 Å². The smallest absolute Gasteiger partial charge is 0.321 e. The lowest BCUT2D eigenvalue weighted by molar-refractivity contribution is 0.252. The number of hydrogen-bond donors (Lipinski definition) is 2. The van der Waals surface area contributed by atoms with Gasteiger partial charge in [-0.05, 0) is 54.4 Å². The maximum Gasteiger partial charge on any atom is 0.321 e. The number of urea groups is 1. The Labute approximate surface area is 156 Å². The number of carbonyl (C=O) groups excluding carboxylic acids is 1. The molecule has 0 aliphatic carbocycles. The lowest BCUT2D eigenvalue weighted by atomic mass is 10.1. The third-order valence-electron chi connectivity index (χ3n) is 3.45. The van der Waals surface area contributed by atoms with Gasteiger partial charge < -0.3 is 15.4 Å². The SMILES string of the molecule is O=C(NCCc1cccc(Cl)c1)Nc1ccc(Oc2ncccn2)cc1. The molecule has 2 N–H and O–H groups in total. The summed E-state index contributed by atoms with van der Waals surface area (Å²) >= 11 is 5.94. The van der Waals surface area contributed by atoms with Gasteiger partial charge in [-0.15, -0.1) is 0 Å². The lowest BCUT2D eigenvalue weighted by Crippen LogP contribution is -2.30. The van der Waals surface area contributed by atoms with Crippen LogP contribution < -0.4 is 15.4 Å². The van der Waals surface area contributed by atoms with Gasteiger partial charge in [-0.3, -0.25) is 0 Å². The molecule has 2 amide bonds. The molecule has 0 bridgehead atoms. The Morgan fingerprint density at radius 2 is 1.81 bits per heavy atom. The van der Waals surface area contributed by atoms with Gasteiger partial charge >= 0.3 is 12.0 Å². The van der Waals surface area contributed by atoms with Gasteiger partial charge in [0.15, 0.2) is 0 Å². The molecular formula is C19H17ClN4O2. The summed E-state index contributed by atoms with van der Waals surface area (Å²) in [4.78, 5) is 19.9. The van der Waals surface area contributed by atoms with Gasteiger partial charge in [0.2, 0.25) is 0 Å². The van der Waals surface area contributed by atoms with E-state index in [0.717, 1.165) is 5.56 Å². The molecule has 3 aromatic rings. The van der Waals surface area contributed by atoms with Crippen molar-refractivity contribution in [3.8, 4) is 11.8 Å². The van der Waals surface area contributed by atoms with E-state index in [1.165, 1.54) is 0 Å². The van der Waals surface area contributed by atoms with Gasteiger partial charge in [0.25, 0.3) is 0 Å². The van der Waals surface area contributed by atoms with Crippen molar-refractivity contribution < 1.29 is 9.53 Å². The summed E-state index contributed by atoms with van der Waals surface area (Å²) in [6.07, 6.45) is 3.91. The molecule has 0 atom stereocenters. The quantitative estimate of drug-likeness (QED) is 0.680. The molecule has 132 valence electrons. The Kier molecular flexibility index (Phi) is 6.01. The Balaban J connectivity index is 1.45.